The van der Waals surface area contributed by atoms with Crippen LogP contribution in [0.2, 0.25) is 5.02 Å². The van der Waals surface area contributed by atoms with Gasteiger partial charge in [0.25, 0.3) is 0 Å². The van der Waals surface area contributed by atoms with Crippen molar-refractivity contribution in [3.05, 3.63) is 50.3 Å². The van der Waals surface area contributed by atoms with E-state index in [0.29, 0.717) is 10.6 Å². The SMILES string of the molecule is CC(C)n1c(=O)oc(-c2ccc(Cl)cc2)[n+](C(C)C)c1=O.[Cl][Sb-]([Cl])([Cl])([Cl])([Cl])[Cl]. The molecule has 0 N–H and O–H groups in total. The van der Waals surface area contributed by atoms with Gasteiger partial charge >= 0.3 is 79.5 Å². The van der Waals surface area contributed by atoms with Crippen molar-refractivity contribution in [2.45, 2.75) is 39.8 Å². The van der Waals surface area contributed by atoms with Gasteiger partial charge in [0.2, 0.25) is 0 Å². The summed E-state index contributed by atoms with van der Waals surface area (Å²) in [5, 5.41) is 0.577. The fraction of sp³-hybridized carbons (Fsp3) is 0.400. The Morgan fingerprint density at radius 2 is 1.36 bits per heavy atom. The maximum atomic E-state index is 12.6. The summed E-state index contributed by atoms with van der Waals surface area (Å²) in [4.78, 5) is 24.6. The van der Waals surface area contributed by atoms with Gasteiger partial charge in [-0.15, -0.1) is 4.57 Å². The Balaban J connectivity index is 0.000000480. The summed E-state index contributed by atoms with van der Waals surface area (Å²) >= 11 is 5.87. The Hall–Kier alpha value is 0.678. The van der Waals surface area contributed by atoms with Gasteiger partial charge < -0.3 is 4.42 Å². The zero-order valence-electron chi connectivity index (χ0n) is 15.2. The number of halogens is 7. The number of hydrogen-bond acceptors (Lipinski definition) is 3. The van der Waals surface area contributed by atoms with Gasteiger partial charge in [0.15, 0.2) is 0 Å². The Labute approximate surface area is 187 Å². The first-order chi connectivity index (χ1) is 12.3. The first-order valence-electron chi connectivity index (χ1n) is 7.81. The van der Waals surface area contributed by atoms with Crippen molar-refractivity contribution >= 4 is 73.7 Å². The molecule has 0 aliphatic rings. The molecular formula is C15H18Cl7N2O3Sb. The van der Waals surface area contributed by atoms with Crippen molar-refractivity contribution in [2.24, 2.45) is 0 Å². The van der Waals surface area contributed by atoms with Crippen molar-refractivity contribution in [2.75, 3.05) is 0 Å². The second kappa shape index (κ2) is 8.67. The average molecular weight is 644 g/mol. The molecule has 0 amide bonds. The fourth-order valence-corrected chi connectivity index (χ4v) is 2.27. The van der Waals surface area contributed by atoms with Crippen LogP contribution in [0.1, 0.15) is 39.8 Å². The molecule has 0 unspecified atom stereocenters. The van der Waals surface area contributed by atoms with Gasteiger partial charge in [-0.3, -0.25) is 0 Å². The topological polar surface area (TPSA) is 56.1 Å². The molecule has 0 aliphatic carbocycles. The zero-order chi connectivity index (χ0) is 22.1. The Morgan fingerprint density at radius 3 is 1.71 bits per heavy atom. The summed E-state index contributed by atoms with van der Waals surface area (Å²) in [6, 6.07) is 6.41. The third kappa shape index (κ3) is 9.66. The van der Waals surface area contributed by atoms with Crippen LogP contribution in [0.3, 0.4) is 0 Å². The van der Waals surface area contributed by atoms with Crippen molar-refractivity contribution in [3.8, 4) is 11.5 Å². The van der Waals surface area contributed by atoms with Crippen LogP contribution in [0.4, 0.5) is 0 Å². The van der Waals surface area contributed by atoms with E-state index in [1.807, 2.05) is 13.8 Å². The molecule has 0 spiro atoms. The van der Waals surface area contributed by atoms with Crippen molar-refractivity contribution in [3.63, 3.8) is 0 Å². The zero-order valence-corrected chi connectivity index (χ0v) is 23.0. The van der Waals surface area contributed by atoms with Gasteiger partial charge in [-0.2, -0.15) is 14.2 Å². The molecule has 0 fully saturated rings. The third-order valence-electron chi connectivity index (χ3n) is 3.14. The van der Waals surface area contributed by atoms with Gasteiger partial charge in [0.05, 0.1) is 5.56 Å². The van der Waals surface area contributed by atoms with Gasteiger partial charge in [0.1, 0.15) is 12.1 Å². The third-order valence-corrected chi connectivity index (χ3v) is 3.39. The molecule has 13 heteroatoms. The molecule has 160 valence electrons. The molecule has 0 radical (unpaired) electrons. The number of hydrogen-bond donors (Lipinski definition) is 0. The monoisotopic (exact) mass is 640 g/mol. The Morgan fingerprint density at radius 1 is 0.929 bits per heavy atom. The molecule has 1 heterocycles. The number of benzene rings is 1. The molecule has 0 aliphatic heterocycles. The normalized spacial score (nSPS) is 14.3. The van der Waals surface area contributed by atoms with Crippen LogP contribution >= 0.6 is 64.6 Å². The molecule has 0 bridgehead atoms. The van der Waals surface area contributed by atoms with Crippen molar-refractivity contribution in [1.82, 2.24) is 4.57 Å². The Bertz CT molecular complexity index is 952. The summed E-state index contributed by atoms with van der Waals surface area (Å²) in [5.74, 6) is -0.412. The summed E-state index contributed by atoms with van der Waals surface area (Å²) in [6.07, 6.45) is 0. The molecule has 28 heavy (non-hydrogen) atoms. The Kier molecular flexibility index (Phi) is 8.27. The maximum absolute atomic E-state index is 12.6. The predicted molar refractivity (Wildman–Crippen MR) is 122 cm³/mol. The molecule has 0 saturated carbocycles. The fourth-order valence-electron chi connectivity index (χ4n) is 2.14. The van der Waals surface area contributed by atoms with Gasteiger partial charge in [-0.1, -0.05) is 11.6 Å². The van der Waals surface area contributed by atoms with Crippen LogP contribution in [0.25, 0.3) is 11.5 Å². The van der Waals surface area contributed by atoms with Crippen LogP contribution in [-0.2, 0) is 0 Å². The second-order valence-electron chi connectivity index (χ2n) is 6.35. The summed E-state index contributed by atoms with van der Waals surface area (Å²) in [5.41, 5.74) is 0.263. The van der Waals surface area contributed by atoms with E-state index in [9.17, 15) is 9.59 Å². The molecule has 0 atom stereocenters. The molecule has 1 aromatic heterocycles. The van der Waals surface area contributed by atoms with Crippen LogP contribution in [0.15, 0.2) is 38.3 Å². The van der Waals surface area contributed by atoms with Crippen molar-refractivity contribution < 1.29 is 8.98 Å². The summed E-state index contributed by atoms with van der Waals surface area (Å²) < 4.78 is 7.98. The summed E-state index contributed by atoms with van der Waals surface area (Å²) in [7, 11) is 25.0. The summed E-state index contributed by atoms with van der Waals surface area (Å²) in [6.45, 7) is 7.27. The quantitative estimate of drug-likeness (QED) is 0.290. The van der Waals surface area contributed by atoms with E-state index in [-0.39, 0.29) is 23.7 Å². The second-order valence-corrected chi connectivity index (χ2v) is 63.7. The number of rotatable bonds is 3. The van der Waals surface area contributed by atoms with Crippen molar-refractivity contribution in [1.29, 1.82) is 0 Å². The minimum atomic E-state index is -5.42. The minimum absolute atomic E-state index is 0.141. The molecule has 0 saturated heterocycles. The van der Waals surface area contributed by atoms with Crippen LogP contribution in [0.5, 0.6) is 0 Å². The van der Waals surface area contributed by atoms with E-state index in [1.165, 1.54) is 4.57 Å². The van der Waals surface area contributed by atoms with E-state index >= 15 is 0 Å². The number of nitrogens with zero attached hydrogens (tertiary/aromatic N) is 2. The van der Waals surface area contributed by atoms with E-state index in [1.54, 1.807) is 38.1 Å². The van der Waals surface area contributed by atoms with Gasteiger partial charge in [0, 0.05) is 5.02 Å². The molecular weight excluding hydrogens is 626 g/mol. The van der Waals surface area contributed by atoms with E-state index in [2.05, 4.69) is 0 Å². The molecule has 2 rings (SSSR count). The molecule has 2 aromatic rings. The van der Waals surface area contributed by atoms with E-state index in [4.69, 9.17) is 69.0 Å². The molecule has 1 aromatic carbocycles. The van der Waals surface area contributed by atoms with Crippen LogP contribution < -0.4 is 16.0 Å². The van der Waals surface area contributed by atoms with Crippen LogP contribution in [0, 0.1) is 0 Å². The first-order valence-corrected chi connectivity index (χ1v) is 27.6. The first kappa shape index (κ1) is 26.7. The molecule has 5 nitrogen and oxygen atoms in total. The number of aromatic nitrogens is 2. The van der Waals surface area contributed by atoms with E-state index in [0.717, 1.165) is 4.57 Å². The van der Waals surface area contributed by atoms with Gasteiger partial charge in [-0.05, 0) is 52.0 Å². The van der Waals surface area contributed by atoms with E-state index < -0.39 is 14.9 Å². The van der Waals surface area contributed by atoms with Crippen LogP contribution in [-0.4, -0.2) is 13.7 Å². The standard InChI is InChI=1S/C15H18ClN2O3.6ClH.Sb/c1-9(2)17-13(11-5-7-12(16)8-6-11)21-15(20)18(10(3)4)14(17)19;;;;;;;/h5-10H,1-4H3;6*1H;/q+1;;;;;;;+5/p-6. The van der Waals surface area contributed by atoms with Gasteiger partial charge in [-0.25, -0.2) is 0 Å². The predicted octanol–water partition coefficient (Wildman–Crippen LogP) is 6.33. The average Bonchev–Trinajstić information content (AvgIpc) is 2.43.